The largest absolute Gasteiger partial charge is 0.461 e. The third-order valence-electron chi connectivity index (χ3n) is 1.08. The Labute approximate surface area is 74.0 Å². The number of ether oxygens (including phenoxy) is 1. The van der Waals surface area contributed by atoms with Gasteiger partial charge in [-0.25, -0.2) is 4.79 Å². The zero-order valence-corrected chi connectivity index (χ0v) is 7.35. The van der Waals surface area contributed by atoms with Crippen LogP contribution in [-0.4, -0.2) is 17.7 Å². The number of thioether (sulfide) groups is 1. The molecule has 0 spiro atoms. The molecule has 0 amide bonds. The predicted octanol–water partition coefficient (Wildman–Crippen LogP) is -0.0430. The van der Waals surface area contributed by atoms with E-state index in [9.17, 15) is 4.79 Å². The van der Waals surface area contributed by atoms with Gasteiger partial charge in [0.25, 0.3) is 0 Å². The Bertz CT molecular complexity index is 249. The number of nitrogens with two attached hydrogens (primary N) is 1. The summed E-state index contributed by atoms with van der Waals surface area (Å²) in [7, 11) is 0. The first kappa shape index (κ1) is 8.92. The van der Waals surface area contributed by atoms with Crippen molar-refractivity contribution in [3.05, 3.63) is 11.1 Å². The number of hydrogen-bond acceptors (Lipinski definition) is 6. The highest BCUT2D eigenvalue weighted by Crippen LogP contribution is 2.10. The van der Waals surface area contributed by atoms with Crippen molar-refractivity contribution in [1.82, 2.24) is 5.43 Å². The number of hydrogen-bond donors (Lipinski definition) is 2. The van der Waals surface area contributed by atoms with Gasteiger partial charge in [-0.1, -0.05) is 11.8 Å². The molecule has 0 aromatic carbocycles. The van der Waals surface area contributed by atoms with Gasteiger partial charge in [-0.15, -0.1) is 5.10 Å². The van der Waals surface area contributed by atoms with E-state index in [0.29, 0.717) is 17.5 Å². The fourth-order valence-corrected chi connectivity index (χ4v) is 1.08. The van der Waals surface area contributed by atoms with Crippen LogP contribution in [0.3, 0.4) is 0 Å². The van der Waals surface area contributed by atoms with Gasteiger partial charge >= 0.3 is 5.97 Å². The van der Waals surface area contributed by atoms with Crippen LogP contribution in [0.1, 0.15) is 6.92 Å². The van der Waals surface area contributed by atoms with Gasteiger partial charge in [-0.2, -0.15) is 0 Å². The molecule has 3 N–H and O–H groups in total. The molecule has 1 aliphatic rings. The van der Waals surface area contributed by atoms with Crippen LogP contribution in [0.2, 0.25) is 0 Å². The smallest absolute Gasteiger partial charge is 0.356 e. The molecule has 0 unspecified atom stereocenters. The highest BCUT2D eigenvalue weighted by molar-refractivity contribution is 8.16. The topological polar surface area (TPSA) is 76.7 Å². The van der Waals surface area contributed by atoms with Crippen LogP contribution in [0.15, 0.2) is 16.2 Å². The van der Waals surface area contributed by atoms with Crippen LogP contribution in [0, 0.1) is 0 Å². The van der Waals surface area contributed by atoms with Crippen molar-refractivity contribution in [2.75, 3.05) is 6.61 Å². The summed E-state index contributed by atoms with van der Waals surface area (Å²) in [5, 5.41) is 5.60. The fraction of sp³-hybridized carbons (Fsp3) is 0.333. The maximum Gasteiger partial charge on any atom is 0.356 e. The summed E-state index contributed by atoms with van der Waals surface area (Å²) in [6.45, 7) is 2.09. The molecule has 0 saturated heterocycles. The minimum Gasteiger partial charge on any atom is -0.461 e. The van der Waals surface area contributed by atoms with Crippen LogP contribution in [0.4, 0.5) is 0 Å². The second-order valence-electron chi connectivity index (χ2n) is 1.93. The quantitative estimate of drug-likeness (QED) is 0.593. The van der Waals surface area contributed by atoms with E-state index in [2.05, 4.69) is 10.5 Å². The summed E-state index contributed by atoms with van der Waals surface area (Å²) >= 11 is 1.18. The number of amidine groups is 1. The van der Waals surface area contributed by atoms with Crippen molar-refractivity contribution in [1.29, 1.82) is 0 Å². The molecule has 0 bridgehead atoms. The Morgan fingerprint density at radius 3 is 3.17 bits per heavy atom. The van der Waals surface area contributed by atoms with Gasteiger partial charge in [0, 0.05) is 5.41 Å². The monoisotopic (exact) mass is 187 g/mol. The second-order valence-corrected chi connectivity index (χ2v) is 2.82. The molecule has 0 radical (unpaired) electrons. The lowest BCUT2D eigenvalue weighted by Crippen LogP contribution is -2.24. The molecule has 0 saturated carbocycles. The van der Waals surface area contributed by atoms with Gasteiger partial charge in [0.05, 0.1) is 6.61 Å². The Morgan fingerprint density at radius 1 is 1.92 bits per heavy atom. The molecular weight excluding hydrogens is 178 g/mol. The molecule has 0 aromatic rings. The predicted molar refractivity (Wildman–Crippen MR) is 47.1 cm³/mol. The first-order valence-electron chi connectivity index (χ1n) is 3.37. The molecule has 0 fully saturated rings. The highest BCUT2D eigenvalue weighted by atomic mass is 32.2. The summed E-state index contributed by atoms with van der Waals surface area (Å²) in [5.74, 6) is -0.416. The zero-order valence-electron chi connectivity index (χ0n) is 6.53. The van der Waals surface area contributed by atoms with Gasteiger partial charge < -0.3 is 10.5 Å². The summed E-state index contributed by atoms with van der Waals surface area (Å²) in [4.78, 5) is 11.0. The third kappa shape index (κ3) is 2.16. The van der Waals surface area contributed by atoms with Crippen LogP contribution < -0.4 is 11.2 Å². The summed E-state index contributed by atoms with van der Waals surface area (Å²) < 4.78 is 4.72. The van der Waals surface area contributed by atoms with Crippen molar-refractivity contribution < 1.29 is 9.53 Å². The van der Waals surface area contributed by atoms with E-state index in [4.69, 9.17) is 10.5 Å². The minimum absolute atomic E-state index is 0.316. The average Bonchev–Trinajstić information content (AvgIpc) is 2.06. The lowest BCUT2D eigenvalue weighted by molar-refractivity contribution is -0.138. The number of hydrazone groups is 1. The van der Waals surface area contributed by atoms with E-state index in [-0.39, 0.29) is 0 Å². The second kappa shape index (κ2) is 4.01. The Balaban J connectivity index is 2.50. The minimum atomic E-state index is -0.416. The first-order valence-corrected chi connectivity index (χ1v) is 4.25. The fourth-order valence-electron chi connectivity index (χ4n) is 0.590. The Morgan fingerprint density at radius 2 is 2.67 bits per heavy atom. The number of carbonyl (C=O) groups excluding carboxylic acids is 1. The van der Waals surface area contributed by atoms with Crippen LogP contribution in [0.25, 0.3) is 0 Å². The van der Waals surface area contributed by atoms with Gasteiger partial charge in [-0.05, 0) is 6.92 Å². The number of nitrogens with zero attached hydrogens (tertiary/aromatic N) is 1. The van der Waals surface area contributed by atoms with Crippen LogP contribution in [-0.2, 0) is 9.53 Å². The van der Waals surface area contributed by atoms with E-state index in [0.717, 1.165) is 0 Å². The standard InChI is InChI=1S/C6H9N3O2S/c1-2-11-5(10)4-3-12-6(7)9-8-4/h3,8H,2H2,1H3,(H2,7,9). The lowest BCUT2D eigenvalue weighted by Gasteiger charge is -2.09. The van der Waals surface area contributed by atoms with Crippen LogP contribution >= 0.6 is 11.8 Å². The van der Waals surface area contributed by atoms with Gasteiger partial charge in [-0.3, -0.25) is 5.43 Å². The lowest BCUT2D eigenvalue weighted by atomic mass is 10.5. The van der Waals surface area contributed by atoms with Crippen LogP contribution in [0.5, 0.6) is 0 Å². The van der Waals surface area contributed by atoms with E-state index < -0.39 is 5.97 Å². The average molecular weight is 187 g/mol. The number of rotatable bonds is 2. The summed E-state index contributed by atoms with van der Waals surface area (Å²) in [5.41, 5.74) is 8.12. The molecule has 6 heteroatoms. The summed E-state index contributed by atoms with van der Waals surface area (Å²) in [6.07, 6.45) is 0. The molecule has 1 heterocycles. The third-order valence-corrected chi connectivity index (χ3v) is 1.77. The molecule has 12 heavy (non-hydrogen) atoms. The molecule has 0 atom stereocenters. The van der Waals surface area contributed by atoms with E-state index in [1.807, 2.05) is 0 Å². The van der Waals surface area contributed by atoms with Crippen molar-refractivity contribution >= 4 is 22.9 Å². The van der Waals surface area contributed by atoms with E-state index in [1.54, 1.807) is 12.3 Å². The molecule has 0 aliphatic carbocycles. The van der Waals surface area contributed by atoms with Gasteiger partial charge in [0.1, 0.15) is 5.70 Å². The normalized spacial score (nSPS) is 15.8. The van der Waals surface area contributed by atoms with Crippen molar-refractivity contribution in [3.8, 4) is 0 Å². The molecular formula is C6H9N3O2S. The molecule has 5 nitrogen and oxygen atoms in total. The Kier molecular flexibility index (Phi) is 2.98. The van der Waals surface area contributed by atoms with Crippen molar-refractivity contribution in [2.24, 2.45) is 10.8 Å². The number of carbonyl (C=O) groups is 1. The molecule has 1 aliphatic heterocycles. The highest BCUT2D eigenvalue weighted by Gasteiger charge is 2.13. The van der Waals surface area contributed by atoms with Gasteiger partial charge in [0.15, 0.2) is 5.17 Å². The summed E-state index contributed by atoms with van der Waals surface area (Å²) in [6, 6.07) is 0. The van der Waals surface area contributed by atoms with Crippen molar-refractivity contribution in [3.63, 3.8) is 0 Å². The first-order chi connectivity index (χ1) is 5.74. The molecule has 66 valence electrons. The van der Waals surface area contributed by atoms with Gasteiger partial charge in [0.2, 0.25) is 0 Å². The molecule has 0 aromatic heterocycles. The maximum absolute atomic E-state index is 11.0. The SMILES string of the molecule is CCOC(=O)C1=CSC(N)=NN1. The number of nitrogens with one attached hydrogen (secondary N) is 1. The molecule has 1 rings (SSSR count). The van der Waals surface area contributed by atoms with Crippen molar-refractivity contribution in [2.45, 2.75) is 6.92 Å². The Hall–Kier alpha value is -1.17. The maximum atomic E-state index is 11.0. The zero-order chi connectivity index (χ0) is 8.97. The van der Waals surface area contributed by atoms with E-state index >= 15 is 0 Å². The van der Waals surface area contributed by atoms with E-state index in [1.165, 1.54) is 11.8 Å². The number of esters is 1.